The average molecular weight is 391 g/mol. The fourth-order valence-corrected chi connectivity index (χ4v) is 3.65. The first kappa shape index (κ1) is 19.8. The van der Waals surface area contributed by atoms with Gasteiger partial charge in [0.05, 0.1) is 0 Å². The number of hydrogen-bond acceptors (Lipinski definition) is 9. The highest BCUT2D eigenvalue weighted by atomic mass is 16.5. The number of rotatable bonds is 5. The van der Waals surface area contributed by atoms with Gasteiger partial charge < -0.3 is 20.7 Å². The van der Waals surface area contributed by atoms with Gasteiger partial charge in [0.15, 0.2) is 12.4 Å². The van der Waals surface area contributed by atoms with E-state index < -0.39 is 24.1 Å². The van der Waals surface area contributed by atoms with E-state index in [4.69, 9.17) is 10.5 Å². The molecule has 3 rings (SSSR count). The summed E-state index contributed by atoms with van der Waals surface area (Å²) in [4.78, 5) is 52.0. The number of nitrogens with zero attached hydrogens (tertiary/aromatic N) is 5. The normalized spacial score (nSPS) is 24.4. The smallest absolute Gasteiger partial charge is 0.326 e. The summed E-state index contributed by atoms with van der Waals surface area (Å²) in [5.74, 6) is -0.543. The number of nitrogen functional groups attached to an aromatic ring is 1. The van der Waals surface area contributed by atoms with Crippen LogP contribution in [0.15, 0.2) is 0 Å². The zero-order valence-corrected chi connectivity index (χ0v) is 16.3. The predicted molar refractivity (Wildman–Crippen MR) is 99.0 cm³/mol. The Hall–Kier alpha value is -2.98. The van der Waals surface area contributed by atoms with E-state index in [0.717, 1.165) is 24.2 Å². The van der Waals surface area contributed by atoms with Crippen LogP contribution in [0.5, 0.6) is 0 Å². The Morgan fingerprint density at radius 2 is 2.07 bits per heavy atom. The lowest BCUT2D eigenvalue weighted by Gasteiger charge is -2.36. The standard InChI is InChI=1S/C17H25N7O4/c1-10-6-4-5-7-17(10)13(26)24(16(27)22-17)8-12(25)28-9-11-19-14(18)21-15(20-11)23(2)3/h10H,4-9H2,1-3H3,(H,22,27)(H2,18,19,20,21). The molecule has 11 nitrogen and oxygen atoms in total. The number of imide groups is 1. The predicted octanol–water partition coefficient (Wildman–Crippen LogP) is 0.0637. The van der Waals surface area contributed by atoms with Crippen LogP contribution in [0.1, 0.15) is 38.4 Å². The number of nitrogens with two attached hydrogens (primary N) is 1. The quantitative estimate of drug-likeness (QED) is 0.526. The third-order valence-corrected chi connectivity index (χ3v) is 5.24. The maximum absolute atomic E-state index is 12.9. The number of ether oxygens (including phenoxy) is 1. The van der Waals surface area contributed by atoms with Crippen molar-refractivity contribution in [3.63, 3.8) is 0 Å². The zero-order chi connectivity index (χ0) is 20.5. The maximum atomic E-state index is 12.9. The Bertz CT molecular complexity index is 800. The van der Waals surface area contributed by atoms with Crippen molar-refractivity contribution in [1.82, 2.24) is 25.2 Å². The highest BCUT2D eigenvalue weighted by Crippen LogP contribution is 2.38. The lowest BCUT2D eigenvalue weighted by Crippen LogP contribution is -2.54. The third kappa shape index (κ3) is 3.69. The Labute approximate surface area is 162 Å². The molecule has 2 fully saturated rings. The van der Waals surface area contributed by atoms with E-state index in [9.17, 15) is 14.4 Å². The van der Waals surface area contributed by atoms with E-state index in [2.05, 4.69) is 20.3 Å². The van der Waals surface area contributed by atoms with Crippen LogP contribution in [0.25, 0.3) is 0 Å². The molecule has 1 aromatic heterocycles. The van der Waals surface area contributed by atoms with Gasteiger partial charge in [-0.1, -0.05) is 19.8 Å². The number of hydrogen-bond donors (Lipinski definition) is 2. The number of aromatic nitrogens is 3. The molecular formula is C17H25N7O4. The molecule has 1 saturated heterocycles. The number of nitrogens with one attached hydrogen (secondary N) is 1. The number of carbonyl (C=O) groups excluding carboxylic acids is 3. The Balaban J connectivity index is 1.62. The van der Waals surface area contributed by atoms with Crippen molar-refractivity contribution < 1.29 is 19.1 Å². The van der Waals surface area contributed by atoms with Crippen LogP contribution in [0.2, 0.25) is 0 Å². The summed E-state index contributed by atoms with van der Waals surface area (Å²) in [6, 6.07) is -0.560. The van der Waals surface area contributed by atoms with Gasteiger partial charge in [-0.3, -0.25) is 14.5 Å². The topological polar surface area (TPSA) is 144 Å². The summed E-state index contributed by atoms with van der Waals surface area (Å²) < 4.78 is 5.14. The van der Waals surface area contributed by atoms with Gasteiger partial charge in [0.25, 0.3) is 5.91 Å². The first-order valence-electron chi connectivity index (χ1n) is 9.20. The third-order valence-electron chi connectivity index (χ3n) is 5.24. The van der Waals surface area contributed by atoms with E-state index in [1.54, 1.807) is 19.0 Å². The van der Waals surface area contributed by atoms with E-state index in [1.807, 2.05) is 6.92 Å². The minimum Gasteiger partial charge on any atom is -0.456 e. The summed E-state index contributed by atoms with van der Waals surface area (Å²) in [5, 5.41) is 2.80. The molecule has 11 heteroatoms. The summed E-state index contributed by atoms with van der Waals surface area (Å²) in [5.41, 5.74) is 4.73. The molecule has 2 heterocycles. The van der Waals surface area contributed by atoms with E-state index >= 15 is 0 Å². The number of anilines is 2. The van der Waals surface area contributed by atoms with Crippen molar-refractivity contribution in [2.75, 3.05) is 31.3 Å². The molecule has 1 aromatic rings. The number of esters is 1. The Kier molecular flexibility index (Phi) is 5.34. The highest BCUT2D eigenvalue weighted by molar-refractivity contribution is 6.08. The molecule has 152 valence electrons. The van der Waals surface area contributed by atoms with Crippen molar-refractivity contribution in [2.45, 2.75) is 44.8 Å². The zero-order valence-electron chi connectivity index (χ0n) is 16.3. The van der Waals surface area contributed by atoms with Gasteiger partial charge in [0.2, 0.25) is 11.9 Å². The van der Waals surface area contributed by atoms with Crippen LogP contribution in [-0.4, -0.2) is 63.9 Å². The minimum absolute atomic E-state index is 0.00655. The second kappa shape index (κ2) is 7.56. The lowest BCUT2D eigenvalue weighted by atomic mass is 9.73. The minimum atomic E-state index is -0.904. The molecule has 2 unspecified atom stereocenters. The van der Waals surface area contributed by atoms with Crippen molar-refractivity contribution in [3.05, 3.63) is 5.82 Å². The Morgan fingerprint density at radius 3 is 2.75 bits per heavy atom. The molecular weight excluding hydrogens is 366 g/mol. The second-order valence-electron chi connectivity index (χ2n) is 7.40. The van der Waals surface area contributed by atoms with Gasteiger partial charge in [0, 0.05) is 14.1 Å². The van der Waals surface area contributed by atoms with Gasteiger partial charge in [-0.05, 0) is 18.8 Å². The van der Waals surface area contributed by atoms with Gasteiger partial charge in [-0.2, -0.15) is 15.0 Å². The fourth-order valence-electron chi connectivity index (χ4n) is 3.65. The fraction of sp³-hybridized carbons (Fsp3) is 0.647. The second-order valence-corrected chi connectivity index (χ2v) is 7.40. The van der Waals surface area contributed by atoms with Crippen LogP contribution in [-0.2, 0) is 20.9 Å². The van der Waals surface area contributed by atoms with Gasteiger partial charge in [-0.25, -0.2) is 4.79 Å². The molecule has 0 radical (unpaired) electrons. The lowest BCUT2D eigenvalue weighted by molar-refractivity contribution is -0.149. The van der Waals surface area contributed by atoms with E-state index in [-0.39, 0.29) is 30.2 Å². The summed E-state index contributed by atoms with van der Waals surface area (Å²) in [7, 11) is 3.48. The van der Waals surface area contributed by atoms with Crippen LogP contribution in [0, 0.1) is 5.92 Å². The van der Waals surface area contributed by atoms with Crippen molar-refractivity contribution in [2.24, 2.45) is 5.92 Å². The maximum Gasteiger partial charge on any atom is 0.326 e. The average Bonchev–Trinajstić information content (AvgIpc) is 2.87. The SMILES string of the molecule is CC1CCCCC12NC(=O)N(CC(=O)OCc1nc(N)nc(N(C)C)n1)C2=O. The first-order chi connectivity index (χ1) is 13.2. The summed E-state index contributed by atoms with van der Waals surface area (Å²) in [6.07, 6.45) is 3.34. The molecule has 1 aliphatic heterocycles. The van der Waals surface area contributed by atoms with Crippen molar-refractivity contribution >= 4 is 29.8 Å². The molecule has 2 aliphatic rings. The van der Waals surface area contributed by atoms with Crippen molar-refractivity contribution in [3.8, 4) is 0 Å². The number of carbonyl (C=O) groups is 3. The molecule has 28 heavy (non-hydrogen) atoms. The van der Waals surface area contributed by atoms with Gasteiger partial charge in [0.1, 0.15) is 12.1 Å². The van der Waals surface area contributed by atoms with E-state index in [0.29, 0.717) is 12.4 Å². The van der Waals surface area contributed by atoms with E-state index in [1.165, 1.54) is 0 Å². The molecule has 3 N–H and O–H groups in total. The summed E-state index contributed by atoms with van der Waals surface area (Å²) in [6.45, 7) is 1.25. The van der Waals surface area contributed by atoms with Crippen LogP contribution in [0.4, 0.5) is 16.7 Å². The molecule has 0 bridgehead atoms. The Morgan fingerprint density at radius 1 is 1.32 bits per heavy atom. The molecule has 0 aromatic carbocycles. The molecule has 1 spiro atoms. The van der Waals surface area contributed by atoms with Crippen molar-refractivity contribution in [1.29, 1.82) is 0 Å². The molecule has 1 aliphatic carbocycles. The largest absolute Gasteiger partial charge is 0.456 e. The number of amides is 3. The molecule has 2 atom stereocenters. The van der Waals surface area contributed by atoms with Crippen LogP contribution < -0.4 is 16.0 Å². The number of urea groups is 1. The van der Waals surface area contributed by atoms with Gasteiger partial charge >= 0.3 is 12.0 Å². The highest BCUT2D eigenvalue weighted by Gasteiger charge is 2.55. The first-order valence-corrected chi connectivity index (χ1v) is 9.20. The van der Waals surface area contributed by atoms with Gasteiger partial charge in [-0.15, -0.1) is 0 Å². The molecule has 3 amide bonds. The monoisotopic (exact) mass is 391 g/mol. The summed E-state index contributed by atoms with van der Waals surface area (Å²) >= 11 is 0. The molecule has 1 saturated carbocycles. The van der Waals surface area contributed by atoms with Crippen LogP contribution >= 0.6 is 0 Å². The van der Waals surface area contributed by atoms with Crippen LogP contribution in [0.3, 0.4) is 0 Å².